The third-order valence-corrected chi connectivity index (χ3v) is 8.48. The Labute approximate surface area is 284 Å². The van der Waals surface area contributed by atoms with Crippen molar-refractivity contribution in [3.63, 3.8) is 0 Å². The molecule has 0 aliphatic rings. The van der Waals surface area contributed by atoms with Gasteiger partial charge in [0.25, 0.3) is 0 Å². The maximum Gasteiger partial charge on any atom is 0.143 e. The Morgan fingerprint density at radius 1 is 0.478 bits per heavy atom. The molecule has 10 aromatic rings. The minimum atomic E-state index is -0.702. The lowest BCUT2D eigenvalue weighted by atomic mass is 9.84. The Bertz CT molecular complexity index is 3510. The van der Waals surface area contributed by atoms with Crippen LogP contribution in [0.3, 0.4) is 0 Å². The molecule has 0 fully saturated rings. The Morgan fingerprint density at radius 2 is 1.17 bits per heavy atom. The summed E-state index contributed by atoms with van der Waals surface area (Å²) in [7, 11) is 0. The van der Waals surface area contributed by atoms with Gasteiger partial charge in [0.1, 0.15) is 16.7 Å². The maximum absolute atomic E-state index is 9.57. The van der Waals surface area contributed by atoms with E-state index < -0.39 is 90.2 Å². The van der Waals surface area contributed by atoms with Crippen molar-refractivity contribution in [2.45, 2.75) is 0 Å². The van der Waals surface area contributed by atoms with E-state index in [0.717, 1.165) is 11.6 Å². The van der Waals surface area contributed by atoms with Crippen LogP contribution >= 0.6 is 0 Å². The molecular formula is C44H26O2. The van der Waals surface area contributed by atoms with Crippen LogP contribution in [0.5, 0.6) is 0 Å². The fourth-order valence-electron chi connectivity index (χ4n) is 6.54. The van der Waals surface area contributed by atoms with Gasteiger partial charge in [-0.15, -0.1) is 0 Å². The van der Waals surface area contributed by atoms with E-state index in [0.29, 0.717) is 32.9 Å². The monoisotopic (exact) mass is 600 g/mol. The molecule has 0 unspecified atom stereocenters. The van der Waals surface area contributed by atoms with Crippen molar-refractivity contribution in [1.29, 1.82) is 0 Å². The molecule has 2 nitrogen and oxygen atoms in total. The zero-order valence-corrected chi connectivity index (χ0v) is 23.7. The smallest absolute Gasteiger partial charge is 0.143 e. The lowest BCUT2D eigenvalue weighted by molar-refractivity contribution is 0.618. The van der Waals surface area contributed by atoms with Crippen LogP contribution in [0.2, 0.25) is 0 Å². The zero-order valence-electron chi connectivity index (χ0n) is 37.7. The van der Waals surface area contributed by atoms with Crippen LogP contribution in [-0.2, 0) is 0 Å². The Balaban J connectivity index is 1.55. The summed E-state index contributed by atoms with van der Waals surface area (Å²) in [5.74, 6) is 0. The largest absolute Gasteiger partial charge is 0.463 e. The van der Waals surface area contributed by atoms with Gasteiger partial charge in [0.15, 0.2) is 0 Å². The van der Waals surface area contributed by atoms with Gasteiger partial charge >= 0.3 is 0 Å². The van der Waals surface area contributed by atoms with Crippen molar-refractivity contribution >= 4 is 65.2 Å². The second-order valence-corrected chi connectivity index (χ2v) is 10.9. The van der Waals surface area contributed by atoms with Crippen molar-refractivity contribution in [2.24, 2.45) is 0 Å². The van der Waals surface area contributed by atoms with Crippen LogP contribution in [0.4, 0.5) is 0 Å². The molecule has 0 radical (unpaired) electrons. The summed E-state index contributed by atoms with van der Waals surface area (Å²) in [5.41, 5.74) is 1.91. The molecule has 2 aromatic heterocycles. The van der Waals surface area contributed by atoms with Crippen molar-refractivity contribution in [3.8, 4) is 33.4 Å². The number of benzene rings is 8. The highest BCUT2D eigenvalue weighted by Crippen LogP contribution is 2.51. The first-order chi connectivity index (χ1) is 28.6. The predicted octanol–water partition coefficient (Wildman–Crippen LogP) is 12.8. The second-order valence-electron chi connectivity index (χ2n) is 10.9. The van der Waals surface area contributed by atoms with E-state index in [2.05, 4.69) is 0 Å². The quantitative estimate of drug-likeness (QED) is 0.189. The number of rotatable bonds is 3. The molecule has 0 N–H and O–H groups in total. The van der Waals surface area contributed by atoms with Crippen molar-refractivity contribution in [2.75, 3.05) is 0 Å². The van der Waals surface area contributed by atoms with Gasteiger partial charge < -0.3 is 8.83 Å². The molecule has 46 heavy (non-hydrogen) atoms. The number of hydrogen-bond acceptors (Lipinski definition) is 2. The Morgan fingerprint density at radius 3 is 1.96 bits per heavy atom. The predicted molar refractivity (Wildman–Crippen MR) is 192 cm³/mol. The van der Waals surface area contributed by atoms with E-state index in [-0.39, 0.29) is 54.6 Å². The van der Waals surface area contributed by atoms with Gasteiger partial charge in [0.05, 0.1) is 25.5 Å². The van der Waals surface area contributed by atoms with Crippen LogP contribution in [-0.4, -0.2) is 0 Å². The summed E-state index contributed by atoms with van der Waals surface area (Å²) >= 11 is 0. The molecular weight excluding hydrogens is 560 g/mol. The molecule has 0 bridgehead atoms. The molecule has 0 aliphatic carbocycles. The van der Waals surface area contributed by atoms with Gasteiger partial charge in [0, 0.05) is 32.8 Å². The van der Waals surface area contributed by atoms with E-state index in [1.54, 1.807) is 36.6 Å². The fraction of sp³-hybridized carbons (Fsp3) is 0. The van der Waals surface area contributed by atoms with Crippen LogP contribution in [0, 0.1) is 0 Å². The minimum absolute atomic E-state index is 0.0375. The van der Waals surface area contributed by atoms with Crippen LogP contribution in [0.1, 0.15) is 19.2 Å². The van der Waals surface area contributed by atoms with Crippen LogP contribution < -0.4 is 0 Å². The van der Waals surface area contributed by atoms with Crippen molar-refractivity contribution in [1.82, 2.24) is 0 Å². The summed E-state index contributed by atoms with van der Waals surface area (Å²) < 4.78 is 140. The third kappa shape index (κ3) is 3.59. The van der Waals surface area contributed by atoms with E-state index in [1.165, 1.54) is 0 Å². The summed E-state index contributed by atoms with van der Waals surface area (Å²) in [4.78, 5) is 0. The molecule has 0 aliphatic heterocycles. The van der Waals surface area contributed by atoms with E-state index in [4.69, 9.17) is 19.8 Å². The summed E-state index contributed by atoms with van der Waals surface area (Å²) in [6, 6.07) is 10.9. The van der Waals surface area contributed by atoms with Crippen LogP contribution in [0.15, 0.2) is 166 Å². The lowest BCUT2D eigenvalue weighted by Gasteiger charge is -2.19. The molecule has 0 amide bonds. The SMILES string of the molecule is [2H]c1cc2c([2H])c(-c3c4c([2H])c([2H])c([2H])c([2H])c4c(-c4c5occ(-c6ccccc6)c5cc5oc6ccccc6c45)c4c([2H])c([2H])c([2H])c([2H])c34)c([2H])c([2H])c2c([2H])c1[2H]. The van der Waals surface area contributed by atoms with Crippen LogP contribution in [0.25, 0.3) is 98.6 Å². The van der Waals surface area contributed by atoms with Gasteiger partial charge in [-0.1, -0.05) is 133 Å². The van der Waals surface area contributed by atoms with Gasteiger partial charge in [-0.2, -0.15) is 0 Å². The van der Waals surface area contributed by atoms with Gasteiger partial charge in [-0.3, -0.25) is 0 Å². The molecule has 0 spiro atoms. The van der Waals surface area contributed by atoms with E-state index in [9.17, 15) is 8.22 Å². The fourth-order valence-corrected chi connectivity index (χ4v) is 6.54. The average Bonchev–Trinajstić information content (AvgIpc) is 3.85. The molecule has 2 heteroatoms. The molecule has 2 heterocycles. The topological polar surface area (TPSA) is 26.3 Å². The highest BCUT2D eigenvalue weighted by molar-refractivity contribution is 6.30. The van der Waals surface area contributed by atoms with E-state index >= 15 is 0 Å². The van der Waals surface area contributed by atoms with Crippen molar-refractivity contribution < 1.29 is 28.0 Å². The highest BCUT2D eigenvalue weighted by Gasteiger charge is 2.25. The summed E-state index contributed by atoms with van der Waals surface area (Å²) in [5, 5.41) is 0.126. The van der Waals surface area contributed by atoms with E-state index in [1.807, 2.05) is 30.3 Å². The molecule has 214 valence electrons. The first-order valence-corrected chi connectivity index (χ1v) is 14.5. The Hall–Kier alpha value is -6.12. The van der Waals surface area contributed by atoms with Gasteiger partial charge in [0.2, 0.25) is 0 Å². The number of fused-ring (bicyclic) bond motifs is 7. The molecule has 10 rings (SSSR count). The number of para-hydroxylation sites is 1. The minimum Gasteiger partial charge on any atom is -0.463 e. The standard InChI is InChI=1S/C44H26O2/c1-2-13-28(14-3-1)37-26-45-44-36(37)25-39-42(35-20-10-11-21-38(35)46-39)43(44)41-33-18-8-6-16-31(33)40(32-17-7-9-19-34(32)41)30-23-22-27-12-4-5-15-29(27)24-30/h1-26H/i4D,5D,6D,7D,8D,9D,12D,16D,17D,18D,19D,22D,23D,24D. The highest BCUT2D eigenvalue weighted by atomic mass is 16.3. The second kappa shape index (κ2) is 9.69. The molecule has 0 saturated heterocycles. The number of hydrogen-bond donors (Lipinski definition) is 0. The first-order valence-electron chi connectivity index (χ1n) is 21.5. The molecule has 0 saturated carbocycles. The number of furan rings is 2. The average molecular weight is 601 g/mol. The lowest BCUT2D eigenvalue weighted by Crippen LogP contribution is -1.92. The van der Waals surface area contributed by atoms with Crippen molar-refractivity contribution in [3.05, 3.63) is 158 Å². The molecule has 0 atom stereocenters. The Kier molecular flexibility index (Phi) is 3.21. The maximum atomic E-state index is 9.57. The third-order valence-electron chi connectivity index (χ3n) is 8.48. The summed E-state index contributed by atoms with van der Waals surface area (Å²) in [6.07, 6.45) is 1.54. The molecule has 8 aromatic carbocycles. The van der Waals surface area contributed by atoms with Gasteiger partial charge in [-0.05, 0) is 67.2 Å². The normalized spacial score (nSPS) is 16.2. The van der Waals surface area contributed by atoms with Gasteiger partial charge in [-0.25, -0.2) is 0 Å². The first kappa shape index (κ1) is 15.2. The zero-order chi connectivity index (χ0) is 42.4. The summed E-state index contributed by atoms with van der Waals surface area (Å²) in [6.45, 7) is 0.